The molecule has 100 valence electrons. The average Bonchev–Trinajstić information content (AvgIpc) is 2.32. The maximum Gasteiger partial charge on any atom is 0.0281 e. The molecule has 0 aliphatic carbocycles. The Morgan fingerprint density at radius 1 is 1.39 bits per heavy atom. The van der Waals surface area contributed by atoms with E-state index in [4.69, 9.17) is 0 Å². The Morgan fingerprint density at radius 2 is 2.17 bits per heavy atom. The zero-order valence-corrected chi connectivity index (χ0v) is 12.2. The molecule has 1 saturated heterocycles. The topological polar surface area (TPSA) is 15.3 Å². The minimum absolute atomic E-state index is 0.245. The van der Waals surface area contributed by atoms with E-state index >= 15 is 0 Å². The van der Waals surface area contributed by atoms with Crippen LogP contribution in [0.1, 0.15) is 38.3 Å². The number of aryl methyl sites for hydroxylation is 1. The van der Waals surface area contributed by atoms with E-state index in [9.17, 15) is 0 Å². The third kappa shape index (κ3) is 3.12. The van der Waals surface area contributed by atoms with Crippen molar-refractivity contribution in [2.24, 2.45) is 0 Å². The van der Waals surface area contributed by atoms with Gasteiger partial charge in [-0.15, -0.1) is 0 Å². The van der Waals surface area contributed by atoms with Crippen LogP contribution in [0, 0.1) is 6.92 Å². The highest BCUT2D eigenvalue weighted by Gasteiger charge is 2.32. The summed E-state index contributed by atoms with van der Waals surface area (Å²) >= 11 is 0. The summed E-state index contributed by atoms with van der Waals surface area (Å²) < 4.78 is 0. The van der Waals surface area contributed by atoms with Gasteiger partial charge in [0.05, 0.1) is 0 Å². The van der Waals surface area contributed by atoms with Crippen molar-refractivity contribution in [3.63, 3.8) is 0 Å². The van der Waals surface area contributed by atoms with E-state index in [0.717, 1.165) is 19.6 Å². The lowest BCUT2D eigenvalue weighted by Crippen LogP contribution is -2.61. The number of hydrogen-bond donors (Lipinski definition) is 1. The van der Waals surface area contributed by atoms with Crippen LogP contribution < -0.4 is 5.32 Å². The van der Waals surface area contributed by atoms with Gasteiger partial charge in [0, 0.05) is 31.2 Å². The maximum atomic E-state index is 3.64. The average molecular weight is 246 g/mol. The molecule has 1 fully saturated rings. The van der Waals surface area contributed by atoms with Crippen LogP contribution in [0.3, 0.4) is 0 Å². The third-order valence-electron chi connectivity index (χ3n) is 4.07. The minimum Gasteiger partial charge on any atom is -0.311 e. The predicted octanol–water partition coefficient (Wildman–Crippen LogP) is 2.96. The second-order valence-corrected chi connectivity index (χ2v) is 6.17. The minimum atomic E-state index is 0.245. The molecule has 1 aromatic carbocycles. The fourth-order valence-electron chi connectivity index (χ4n) is 2.67. The van der Waals surface area contributed by atoms with E-state index in [0.29, 0.717) is 6.04 Å². The van der Waals surface area contributed by atoms with Crippen molar-refractivity contribution in [2.75, 3.05) is 13.1 Å². The zero-order valence-electron chi connectivity index (χ0n) is 12.2. The highest BCUT2D eigenvalue weighted by atomic mass is 15.3. The fourth-order valence-corrected chi connectivity index (χ4v) is 2.67. The van der Waals surface area contributed by atoms with E-state index < -0.39 is 0 Å². The van der Waals surface area contributed by atoms with Gasteiger partial charge in [-0.05, 0) is 32.8 Å². The summed E-state index contributed by atoms with van der Waals surface area (Å²) in [6.07, 6.45) is 1.21. The summed E-state index contributed by atoms with van der Waals surface area (Å²) in [6.45, 7) is 12.4. The molecule has 1 heterocycles. The second-order valence-electron chi connectivity index (χ2n) is 6.17. The Hall–Kier alpha value is -0.860. The molecule has 0 aromatic heterocycles. The molecule has 0 bridgehead atoms. The molecule has 0 radical (unpaired) electrons. The zero-order chi connectivity index (χ0) is 13.2. The van der Waals surface area contributed by atoms with E-state index in [1.54, 1.807) is 0 Å². The van der Waals surface area contributed by atoms with Crippen molar-refractivity contribution >= 4 is 0 Å². The first-order valence-electron chi connectivity index (χ1n) is 7.05. The molecule has 2 nitrogen and oxygen atoms in total. The second kappa shape index (κ2) is 5.41. The molecule has 2 rings (SSSR count). The Balaban J connectivity index is 2.10. The highest BCUT2D eigenvalue weighted by molar-refractivity contribution is 5.22. The van der Waals surface area contributed by atoms with Gasteiger partial charge >= 0.3 is 0 Å². The molecule has 18 heavy (non-hydrogen) atoms. The van der Waals surface area contributed by atoms with Gasteiger partial charge in [0.15, 0.2) is 0 Å². The smallest absolute Gasteiger partial charge is 0.0281 e. The molecular weight excluding hydrogens is 220 g/mol. The molecular formula is C16H26N2. The lowest BCUT2D eigenvalue weighted by molar-refractivity contribution is 0.0577. The highest BCUT2D eigenvalue weighted by Crippen LogP contribution is 2.22. The van der Waals surface area contributed by atoms with Gasteiger partial charge < -0.3 is 5.32 Å². The monoisotopic (exact) mass is 246 g/mol. The molecule has 1 aromatic rings. The predicted molar refractivity (Wildman–Crippen MR) is 77.7 cm³/mol. The molecule has 0 amide bonds. The summed E-state index contributed by atoms with van der Waals surface area (Å²) in [5, 5.41) is 3.64. The lowest BCUT2D eigenvalue weighted by atomic mass is 9.95. The van der Waals surface area contributed by atoms with Crippen LogP contribution in [0.15, 0.2) is 24.3 Å². The van der Waals surface area contributed by atoms with Crippen LogP contribution in [-0.4, -0.2) is 29.6 Å². The summed E-state index contributed by atoms with van der Waals surface area (Å²) in [6, 6.07) is 9.52. The first-order valence-corrected chi connectivity index (χ1v) is 7.05. The summed E-state index contributed by atoms with van der Waals surface area (Å²) in [4.78, 5) is 2.62. The van der Waals surface area contributed by atoms with Crippen LogP contribution in [-0.2, 0) is 6.54 Å². The van der Waals surface area contributed by atoms with Gasteiger partial charge in [0.25, 0.3) is 0 Å². The lowest BCUT2D eigenvalue weighted by Gasteiger charge is -2.46. The molecule has 1 aliphatic heterocycles. The standard InChI is InChI=1S/C16H26N2/c1-5-15-11-18(16(3,4)12-17-15)10-14-8-6-7-13(2)9-14/h6-9,15,17H,5,10-12H2,1-4H3. The molecule has 0 spiro atoms. The fraction of sp³-hybridized carbons (Fsp3) is 0.625. The number of piperazine rings is 1. The number of rotatable bonds is 3. The van der Waals surface area contributed by atoms with Crippen molar-refractivity contribution in [3.8, 4) is 0 Å². The number of hydrogen-bond acceptors (Lipinski definition) is 2. The maximum absolute atomic E-state index is 3.64. The Bertz CT molecular complexity index is 398. The Labute approximate surface area is 111 Å². The van der Waals surface area contributed by atoms with Gasteiger partial charge in [-0.25, -0.2) is 0 Å². The molecule has 1 atom stereocenters. The van der Waals surface area contributed by atoms with Crippen molar-refractivity contribution in [2.45, 2.75) is 52.2 Å². The van der Waals surface area contributed by atoms with Gasteiger partial charge in [0.2, 0.25) is 0 Å². The van der Waals surface area contributed by atoms with Gasteiger partial charge in [0.1, 0.15) is 0 Å². The molecule has 0 saturated carbocycles. The number of nitrogens with zero attached hydrogens (tertiary/aromatic N) is 1. The van der Waals surface area contributed by atoms with Gasteiger partial charge in [-0.3, -0.25) is 4.90 Å². The normalized spacial score (nSPS) is 24.1. The quantitative estimate of drug-likeness (QED) is 0.882. The van der Waals surface area contributed by atoms with Crippen molar-refractivity contribution in [3.05, 3.63) is 35.4 Å². The summed E-state index contributed by atoms with van der Waals surface area (Å²) in [5.74, 6) is 0. The van der Waals surface area contributed by atoms with Crippen molar-refractivity contribution in [1.82, 2.24) is 10.2 Å². The van der Waals surface area contributed by atoms with Gasteiger partial charge in [-0.1, -0.05) is 36.8 Å². The third-order valence-corrected chi connectivity index (χ3v) is 4.07. The van der Waals surface area contributed by atoms with Crippen LogP contribution in [0.25, 0.3) is 0 Å². The van der Waals surface area contributed by atoms with Crippen molar-refractivity contribution in [1.29, 1.82) is 0 Å². The number of benzene rings is 1. The van der Waals surface area contributed by atoms with Crippen molar-refractivity contribution < 1.29 is 0 Å². The van der Waals surface area contributed by atoms with Crippen LogP contribution in [0.5, 0.6) is 0 Å². The molecule has 1 unspecified atom stereocenters. The van der Waals surface area contributed by atoms with E-state index in [1.165, 1.54) is 17.5 Å². The van der Waals surface area contributed by atoms with Crippen LogP contribution >= 0.6 is 0 Å². The Morgan fingerprint density at radius 3 is 2.83 bits per heavy atom. The first kappa shape index (κ1) is 13.6. The SMILES string of the molecule is CCC1CN(Cc2cccc(C)c2)C(C)(C)CN1. The molecule has 1 aliphatic rings. The first-order chi connectivity index (χ1) is 8.51. The molecule has 2 heteroatoms. The molecule has 1 N–H and O–H groups in total. The van der Waals surface area contributed by atoms with E-state index in [-0.39, 0.29) is 5.54 Å². The van der Waals surface area contributed by atoms with Gasteiger partial charge in [-0.2, -0.15) is 0 Å². The summed E-state index contributed by atoms with van der Waals surface area (Å²) in [7, 11) is 0. The Kier molecular flexibility index (Phi) is 4.08. The van der Waals surface area contributed by atoms with E-state index in [1.807, 2.05) is 0 Å². The van der Waals surface area contributed by atoms with E-state index in [2.05, 4.69) is 62.2 Å². The summed E-state index contributed by atoms with van der Waals surface area (Å²) in [5.41, 5.74) is 3.03. The van der Waals surface area contributed by atoms with Crippen LogP contribution in [0.2, 0.25) is 0 Å². The largest absolute Gasteiger partial charge is 0.311 e. The number of nitrogens with one attached hydrogen (secondary N) is 1. The van der Waals surface area contributed by atoms with Crippen LogP contribution in [0.4, 0.5) is 0 Å².